The molecule has 2 rings (SSSR count). The van der Waals surface area contributed by atoms with Gasteiger partial charge in [0.25, 0.3) is 0 Å². The van der Waals surface area contributed by atoms with Gasteiger partial charge in [0, 0.05) is 35.3 Å². The Balaban J connectivity index is 2.44. The second-order valence-electron chi connectivity index (χ2n) is 5.86. The molecule has 0 atom stereocenters. The lowest BCUT2D eigenvalue weighted by Gasteiger charge is -2.20. The van der Waals surface area contributed by atoms with Crippen LogP contribution in [-0.4, -0.2) is 23.9 Å². The third-order valence-corrected chi connectivity index (χ3v) is 4.39. The van der Waals surface area contributed by atoms with E-state index >= 15 is 0 Å². The third kappa shape index (κ3) is 3.77. The number of nitrogens with zero attached hydrogens (tertiary/aromatic N) is 2. The van der Waals surface area contributed by atoms with Crippen LogP contribution in [0.3, 0.4) is 0 Å². The standard InChI is InChI=1S/C14H17FN4O2S/c1-14(2,3)19-22(20,21)11-4-9(6-17-8-11)10-5-12(15)13(16)18-7-10/h4-8,19H,1-3H3,(H2,16,18). The predicted octanol–water partition coefficient (Wildman–Crippen LogP) is 1.94. The van der Waals surface area contributed by atoms with Crippen LogP contribution >= 0.6 is 0 Å². The monoisotopic (exact) mass is 324 g/mol. The van der Waals surface area contributed by atoms with Gasteiger partial charge < -0.3 is 5.73 Å². The van der Waals surface area contributed by atoms with Crippen LogP contribution in [0.4, 0.5) is 10.2 Å². The first-order valence-corrected chi connectivity index (χ1v) is 7.97. The number of nitrogen functional groups attached to an aromatic ring is 1. The van der Waals surface area contributed by atoms with Gasteiger partial charge in [-0.05, 0) is 32.9 Å². The van der Waals surface area contributed by atoms with E-state index < -0.39 is 21.4 Å². The zero-order chi connectivity index (χ0) is 16.5. The Labute approximate surface area is 128 Å². The molecule has 3 N–H and O–H groups in total. The van der Waals surface area contributed by atoms with Gasteiger partial charge in [-0.15, -0.1) is 0 Å². The molecule has 0 aliphatic rings. The van der Waals surface area contributed by atoms with E-state index in [4.69, 9.17) is 5.73 Å². The highest BCUT2D eigenvalue weighted by Crippen LogP contribution is 2.23. The molecular weight excluding hydrogens is 307 g/mol. The van der Waals surface area contributed by atoms with E-state index in [1.54, 1.807) is 20.8 Å². The molecule has 0 radical (unpaired) electrons. The quantitative estimate of drug-likeness (QED) is 0.899. The van der Waals surface area contributed by atoms with Crippen LogP contribution < -0.4 is 10.5 Å². The number of sulfonamides is 1. The van der Waals surface area contributed by atoms with Crippen LogP contribution in [0.2, 0.25) is 0 Å². The van der Waals surface area contributed by atoms with Crippen LogP contribution in [0.1, 0.15) is 20.8 Å². The fourth-order valence-electron chi connectivity index (χ4n) is 1.79. The predicted molar refractivity (Wildman–Crippen MR) is 81.9 cm³/mol. The molecule has 2 heterocycles. The largest absolute Gasteiger partial charge is 0.381 e. The fourth-order valence-corrected chi connectivity index (χ4v) is 3.20. The lowest BCUT2D eigenvalue weighted by atomic mass is 10.1. The van der Waals surface area contributed by atoms with Crippen molar-refractivity contribution >= 4 is 15.8 Å². The van der Waals surface area contributed by atoms with Gasteiger partial charge in [-0.1, -0.05) is 0 Å². The SMILES string of the molecule is CC(C)(C)NS(=O)(=O)c1cncc(-c2cnc(N)c(F)c2)c1. The summed E-state index contributed by atoms with van der Waals surface area (Å²) in [4.78, 5) is 7.62. The van der Waals surface area contributed by atoms with E-state index in [-0.39, 0.29) is 10.7 Å². The minimum Gasteiger partial charge on any atom is -0.381 e. The Hall–Kier alpha value is -2.06. The van der Waals surface area contributed by atoms with E-state index in [0.29, 0.717) is 11.1 Å². The number of anilines is 1. The van der Waals surface area contributed by atoms with Crippen molar-refractivity contribution in [2.45, 2.75) is 31.2 Å². The van der Waals surface area contributed by atoms with Crippen LogP contribution in [0.25, 0.3) is 11.1 Å². The lowest BCUT2D eigenvalue weighted by molar-refractivity contribution is 0.491. The minimum absolute atomic E-state index is 0.00263. The number of aromatic nitrogens is 2. The maximum absolute atomic E-state index is 13.5. The zero-order valence-electron chi connectivity index (χ0n) is 12.5. The van der Waals surface area contributed by atoms with Crippen molar-refractivity contribution in [1.82, 2.24) is 14.7 Å². The van der Waals surface area contributed by atoms with Crippen LogP contribution in [0.15, 0.2) is 35.6 Å². The van der Waals surface area contributed by atoms with Crippen LogP contribution in [-0.2, 0) is 10.0 Å². The van der Waals surface area contributed by atoms with E-state index in [1.165, 1.54) is 30.7 Å². The molecule has 6 nitrogen and oxygen atoms in total. The average molecular weight is 324 g/mol. The molecule has 0 aliphatic carbocycles. The molecule has 0 fully saturated rings. The molecule has 0 saturated heterocycles. The van der Waals surface area contributed by atoms with E-state index in [0.717, 1.165) is 0 Å². The maximum atomic E-state index is 13.5. The summed E-state index contributed by atoms with van der Waals surface area (Å²) in [6, 6.07) is 2.60. The van der Waals surface area contributed by atoms with Crippen LogP contribution in [0.5, 0.6) is 0 Å². The molecule has 2 aromatic rings. The average Bonchev–Trinajstić information content (AvgIpc) is 2.39. The molecule has 0 amide bonds. The first-order chi connectivity index (χ1) is 10.1. The zero-order valence-corrected chi connectivity index (χ0v) is 13.3. The normalized spacial score (nSPS) is 12.4. The number of pyridine rings is 2. The van der Waals surface area contributed by atoms with Gasteiger partial charge in [-0.25, -0.2) is 22.5 Å². The number of nitrogens with one attached hydrogen (secondary N) is 1. The van der Waals surface area contributed by atoms with Gasteiger partial charge in [0.2, 0.25) is 10.0 Å². The second-order valence-corrected chi connectivity index (χ2v) is 7.54. The van der Waals surface area contributed by atoms with Crippen LogP contribution in [0, 0.1) is 5.82 Å². The maximum Gasteiger partial charge on any atom is 0.242 e. The highest BCUT2D eigenvalue weighted by atomic mass is 32.2. The smallest absolute Gasteiger partial charge is 0.242 e. The number of hydrogen-bond acceptors (Lipinski definition) is 5. The first kappa shape index (κ1) is 16.3. The van der Waals surface area contributed by atoms with Crippen molar-refractivity contribution in [3.05, 3.63) is 36.5 Å². The van der Waals surface area contributed by atoms with Crippen molar-refractivity contribution in [3.63, 3.8) is 0 Å². The van der Waals surface area contributed by atoms with E-state index in [2.05, 4.69) is 14.7 Å². The van der Waals surface area contributed by atoms with Crippen molar-refractivity contribution in [3.8, 4) is 11.1 Å². The molecule has 0 unspecified atom stereocenters. The molecule has 0 spiro atoms. The Bertz CT molecular complexity index is 801. The van der Waals surface area contributed by atoms with Crippen molar-refractivity contribution in [2.75, 3.05) is 5.73 Å². The topological polar surface area (TPSA) is 98.0 Å². The fraction of sp³-hybridized carbons (Fsp3) is 0.286. The molecule has 0 bridgehead atoms. The summed E-state index contributed by atoms with van der Waals surface area (Å²) in [6.07, 6.45) is 4.03. The number of halogens is 1. The third-order valence-electron chi connectivity index (χ3n) is 2.67. The summed E-state index contributed by atoms with van der Waals surface area (Å²) in [6.45, 7) is 5.21. The molecular formula is C14H17FN4O2S. The Kier molecular flexibility index (Phi) is 4.17. The highest BCUT2D eigenvalue weighted by molar-refractivity contribution is 7.89. The summed E-state index contributed by atoms with van der Waals surface area (Å²) < 4.78 is 40.6. The molecule has 22 heavy (non-hydrogen) atoms. The molecule has 118 valence electrons. The summed E-state index contributed by atoms with van der Waals surface area (Å²) in [5.41, 5.74) is 5.54. The Morgan fingerprint density at radius 3 is 2.36 bits per heavy atom. The summed E-state index contributed by atoms with van der Waals surface area (Å²) >= 11 is 0. The van der Waals surface area contributed by atoms with Gasteiger partial charge in [0.05, 0.1) is 0 Å². The summed E-state index contributed by atoms with van der Waals surface area (Å²) in [5.74, 6) is -0.881. The van der Waals surface area contributed by atoms with Gasteiger partial charge in [-0.3, -0.25) is 4.98 Å². The van der Waals surface area contributed by atoms with Crippen molar-refractivity contribution < 1.29 is 12.8 Å². The van der Waals surface area contributed by atoms with E-state index in [9.17, 15) is 12.8 Å². The first-order valence-electron chi connectivity index (χ1n) is 6.49. The van der Waals surface area contributed by atoms with Gasteiger partial charge in [0.1, 0.15) is 4.90 Å². The number of nitrogens with two attached hydrogens (primary N) is 1. The van der Waals surface area contributed by atoms with Gasteiger partial charge in [0.15, 0.2) is 11.6 Å². The number of hydrogen-bond donors (Lipinski definition) is 2. The lowest BCUT2D eigenvalue weighted by Crippen LogP contribution is -2.40. The Morgan fingerprint density at radius 1 is 1.14 bits per heavy atom. The molecule has 0 aliphatic heterocycles. The minimum atomic E-state index is -3.72. The second kappa shape index (κ2) is 5.62. The van der Waals surface area contributed by atoms with Gasteiger partial charge >= 0.3 is 0 Å². The van der Waals surface area contributed by atoms with Crippen molar-refractivity contribution in [2.24, 2.45) is 0 Å². The van der Waals surface area contributed by atoms with Gasteiger partial charge in [-0.2, -0.15) is 0 Å². The molecule has 2 aromatic heterocycles. The highest BCUT2D eigenvalue weighted by Gasteiger charge is 2.22. The molecule has 8 heteroatoms. The summed E-state index contributed by atoms with van der Waals surface area (Å²) in [5, 5.41) is 0. The summed E-state index contributed by atoms with van der Waals surface area (Å²) in [7, 11) is -3.72. The van der Waals surface area contributed by atoms with E-state index in [1.807, 2.05) is 0 Å². The molecule has 0 aromatic carbocycles. The Morgan fingerprint density at radius 2 is 1.77 bits per heavy atom. The number of rotatable bonds is 3. The molecule has 0 saturated carbocycles. The van der Waals surface area contributed by atoms with Crippen molar-refractivity contribution in [1.29, 1.82) is 0 Å².